The van der Waals surface area contributed by atoms with Gasteiger partial charge in [-0.05, 0) is 43.7 Å². The van der Waals surface area contributed by atoms with E-state index in [0.717, 1.165) is 16.0 Å². The van der Waals surface area contributed by atoms with Gasteiger partial charge in [0.1, 0.15) is 5.54 Å². The molecule has 0 bridgehead atoms. The number of benzene rings is 1. The maximum absolute atomic E-state index is 12.3. The predicted molar refractivity (Wildman–Crippen MR) is 100.0 cm³/mol. The van der Waals surface area contributed by atoms with E-state index in [4.69, 9.17) is 5.73 Å². The maximum atomic E-state index is 12.3. The van der Waals surface area contributed by atoms with Crippen LogP contribution in [-0.2, 0) is 10.3 Å². The summed E-state index contributed by atoms with van der Waals surface area (Å²) >= 11 is 0. The zero-order valence-electron chi connectivity index (χ0n) is 14.9. The van der Waals surface area contributed by atoms with Gasteiger partial charge in [0.15, 0.2) is 12.1 Å². The van der Waals surface area contributed by atoms with Gasteiger partial charge in [0.25, 0.3) is 5.91 Å². The number of likely N-dealkylation sites (N-methyl/N-ethyl adjacent to an activating group) is 1. The Hall–Kier alpha value is -3.17. The van der Waals surface area contributed by atoms with Crippen LogP contribution in [0.3, 0.4) is 0 Å². The first-order valence-electron chi connectivity index (χ1n) is 8.17. The molecular formula is C20H20N4O2. The second kappa shape index (κ2) is 6.62. The van der Waals surface area contributed by atoms with Crippen molar-refractivity contribution in [2.75, 3.05) is 7.05 Å². The molecule has 1 amide bonds. The smallest absolute Gasteiger partial charge is 0.260 e. The Labute approximate surface area is 152 Å². The van der Waals surface area contributed by atoms with Crippen LogP contribution in [0, 0.1) is 11.8 Å². The Morgan fingerprint density at radius 2 is 2.08 bits per heavy atom. The van der Waals surface area contributed by atoms with E-state index in [9.17, 15) is 9.90 Å². The van der Waals surface area contributed by atoms with E-state index in [1.165, 1.54) is 7.05 Å². The van der Waals surface area contributed by atoms with Crippen LogP contribution in [0.2, 0.25) is 0 Å². The van der Waals surface area contributed by atoms with E-state index in [2.05, 4.69) is 21.8 Å². The van der Waals surface area contributed by atoms with Crippen LogP contribution in [0.25, 0.3) is 11.3 Å². The standard InChI is InChI=1S/C20H20N4O2/c1-4-6-13-7-5-8-14(11-13)16-12-15(9-10-22-16)20(2)17(25)18(26)24(3)19(21)23-20/h5,7-12,17,25H,1-3H3,(H2,21,23)/t17-,20+/m0/s1. The number of rotatable bonds is 2. The first-order chi connectivity index (χ1) is 12.4. The van der Waals surface area contributed by atoms with Gasteiger partial charge in [0.2, 0.25) is 0 Å². The minimum absolute atomic E-state index is 0.0707. The number of carbonyl (C=O) groups is 1. The molecule has 1 aromatic heterocycles. The van der Waals surface area contributed by atoms with Crippen molar-refractivity contribution in [2.24, 2.45) is 10.7 Å². The van der Waals surface area contributed by atoms with Gasteiger partial charge in [0, 0.05) is 24.4 Å². The molecule has 0 spiro atoms. The van der Waals surface area contributed by atoms with Gasteiger partial charge in [-0.2, -0.15) is 0 Å². The molecule has 0 saturated heterocycles. The van der Waals surface area contributed by atoms with Crippen LogP contribution in [0.15, 0.2) is 47.6 Å². The molecule has 0 fully saturated rings. The summed E-state index contributed by atoms with van der Waals surface area (Å²) in [6.07, 6.45) is 0.308. The normalized spacial score (nSPS) is 22.5. The molecule has 0 aliphatic carbocycles. The quantitative estimate of drug-likeness (QED) is 0.804. The summed E-state index contributed by atoms with van der Waals surface area (Å²) in [6, 6.07) is 11.3. The fourth-order valence-corrected chi connectivity index (χ4v) is 2.94. The minimum Gasteiger partial charge on any atom is -0.380 e. The van der Waals surface area contributed by atoms with E-state index < -0.39 is 17.6 Å². The van der Waals surface area contributed by atoms with Crippen LogP contribution < -0.4 is 5.73 Å². The lowest BCUT2D eigenvalue weighted by Crippen LogP contribution is -2.56. The minimum atomic E-state index is -1.33. The van der Waals surface area contributed by atoms with Crippen molar-refractivity contribution >= 4 is 11.9 Å². The number of amides is 1. The molecule has 0 radical (unpaired) electrons. The zero-order chi connectivity index (χ0) is 18.9. The Morgan fingerprint density at radius 3 is 2.81 bits per heavy atom. The first-order valence-corrected chi connectivity index (χ1v) is 8.17. The summed E-state index contributed by atoms with van der Waals surface area (Å²) in [5.41, 5.74) is 7.83. The van der Waals surface area contributed by atoms with Gasteiger partial charge in [-0.3, -0.25) is 14.7 Å². The molecule has 1 aromatic carbocycles. The molecule has 3 N–H and O–H groups in total. The molecule has 2 aromatic rings. The van der Waals surface area contributed by atoms with Gasteiger partial charge in [-0.1, -0.05) is 18.1 Å². The van der Waals surface area contributed by atoms with E-state index in [0.29, 0.717) is 11.3 Å². The molecule has 2 atom stereocenters. The third kappa shape index (κ3) is 2.93. The fraction of sp³-hybridized carbons (Fsp3) is 0.250. The van der Waals surface area contributed by atoms with Gasteiger partial charge >= 0.3 is 0 Å². The number of hydrogen-bond acceptors (Lipinski definition) is 5. The molecule has 26 heavy (non-hydrogen) atoms. The van der Waals surface area contributed by atoms with Gasteiger partial charge in [-0.25, -0.2) is 4.99 Å². The van der Waals surface area contributed by atoms with Crippen molar-refractivity contribution in [2.45, 2.75) is 25.5 Å². The lowest BCUT2D eigenvalue weighted by atomic mass is 9.85. The average molecular weight is 348 g/mol. The highest BCUT2D eigenvalue weighted by atomic mass is 16.3. The summed E-state index contributed by atoms with van der Waals surface area (Å²) in [5.74, 6) is 5.48. The number of hydrogen-bond donors (Lipinski definition) is 2. The lowest BCUT2D eigenvalue weighted by Gasteiger charge is -2.37. The van der Waals surface area contributed by atoms with Crippen LogP contribution in [0.4, 0.5) is 0 Å². The predicted octanol–water partition coefficient (Wildman–Crippen LogP) is 1.48. The van der Waals surface area contributed by atoms with E-state index in [-0.39, 0.29) is 5.96 Å². The van der Waals surface area contributed by atoms with Crippen molar-refractivity contribution < 1.29 is 9.90 Å². The summed E-state index contributed by atoms with van der Waals surface area (Å²) in [4.78, 5) is 22.2. The molecule has 2 heterocycles. The number of aliphatic imine (C=N–C) groups is 1. The van der Waals surface area contributed by atoms with Gasteiger partial charge in [0.05, 0.1) is 5.69 Å². The third-order valence-corrected chi connectivity index (χ3v) is 4.56. The van der Waals surface area contributed by atoms with Crippen LogP contribution in [0.5, 0.6) is 0 Å². The zero-order valence-corrected chi connectivity index (χ0v) is 14.9. The summed E-state index contributed by atoms with van der Waals surface area (Å²) < 4.78 is 0. The number of aromatic nitrogens is 1. The second-order valence-corrected chi connectivity index (χ2v) is 6.30. The molecule has 1 aliphatic heterocycles. The van der Waals surface area contributed by atoms with Gasteiger partial charge in [-0.15, -0.1) is 5.92 Å². The third-order valence-electron chi connectivity index (χ3n) is 4.56. The van der Waals surface area contributed by atoms with Crippen molar-refractivity contribution in [3.8, 4) is 23.1 Å². The SMILES string of the molecule is CC#Cc1cccc(-c2cc([C@@]3(C)N=C(N)N(C)C(=O)[C@@H]3O)ccn2)c1. The molecule has 1 aliphatic rings. The molecule has 0 saturated carbocycles. The molecule has 0 unspecified atom stereocenters. The monoisotopic (exact) mass is 348 g/mol. The number of pyridine rings is 1. The number of nitrogens with two attached hydrogens (primary N) is 1. The Morgan fingerprint density at radius 1 is 1.31 bits per heavy atom. The highest BCUT2D eigenvalue weighted by molar-refractivity contribution is 6.01. The van der Waals surface area contributed by atoms with Crippen LogP contribution in [-0.4, -0.2) is 40.0 Å². The van der Waals surface area contributed by atoms with Crippen molar-refractivity contribution in [1.29, 1.82) is 0 Å². The number of guanidine groups is 1. The summed E-state index contributed by atoms with van der Waals surface area (Å²) in [6.45, 7) is 3.47. The fourth-order valence-electron chi connectivity index (χ4n) is 2.94. The van der Waals surface area contributed by atoms with Crippen LogP contribution >= 0.6 is 0 Å². The van der Waals surface area contributed by atoms with E-state index in [1.54, 1.807) is 26.1 Å². The molecule has 132 valence electrons. The van der Waals surface area contributed by atoms with Crippen molar-refractivity contribution in [3.05, 3.63) is 53.7 Å². The highest BCUT2D eigenvalue weighted by Crippen LogP contribution is 2.34. The van der Waals surface area contributed by atoms with Crippen molar-refractivity contribution in [1.82, 2.24) is 9.88 Å². The maximum Gasteiger partial charge on any atom is 0.260 e. The number of aliphatic hydroxyl groups excluding tert-OH is 1. The Kier molecular flexibility index (Phi) is 4.49. The second-order valence-electron chi connectivity index (χ2n) is 6.30. The molecule has 6 nitrogen and oxygen atoms in total. The number of aliphatic hydroxyl groups is 1. The Bertz CT molecular complexity index is 958. The van der Waals surface area contributed by atoms with E-state index in [1.807, 2.05) is 30.3 Å². The number of nitrogens with zero attached hydrogens (tertiary/aromatic N) is 3. The first kappa shape index (κ1) is 17.6. The number of carbonyl (C=O) groups excluding carboxylic acids is 1. The molecular weight excluding hydrogens is 328 g/mol. The molecule has 3 rings (SSSR count). The Balaban J connectivity index is 2.08. The topological polar surface area (TPSA) is 91.8 Å². The summed E-state index contributed by atoms with van der Waals surface area (Å²) in [5, 5.41) is 10.5. The average Bonchev–Trinajstić information content (AvgIpc) is 2.65. The van der Waals surface area contributed by atoms with E-state index >= 15 is 0 Å². The van der Waals surface area contributed by atoms with Gasteiger partial charge < -0.3 is 10.8 Å². The molecule has 6 heteroatoms. The summed E-state index contributed by atoms with van der Waals surface area (Å²) in [7, 11) is 1.49. The highest BCUT2D eigenvalue weighted by Gasteiger charge is 2.45. The largest absolute Gasteiger partial charge is 0.380 e. The van der Waals surface area contributed by atoms with Crippen LogP contribution in [0.1, 0.15) is 25.0 Å². The van der Waals surface area contributed by atoms with Crippen molar-refractivity contribution in [3.63, 3.8) is 0 Å². The lowest BCUT2D eigenvalue weighted by molar-refractivity contribution is -0.140.